The van der Waals surface area contributed by atoms with Crippen molar-refractivity contribution < 1.29 is 4.74 Å². The number of imidazole rings is 1. The Labute approximate surface area is 167 Å². The van der Waals surface area contributed by atoms with Crippen molar-refractivity contribution in [3.63, 3.8) is 0 Å². The number of hydrogen-bond donors (Lipinski definition) is 1. The molecule has 1 aliphatic carbocycles. The third kappa shape index (κ3) is 3.16. The topological polar surface area (TPSA) is 68.8 Å². The van der Waals surface area contributed by atoms with Crippen LogP contribution in [0.5, 0.6) is 5.88 Å². The Balaban J connectivity index is 1.43. The van der Waals surface area contributed by atoms with Crippen LogP contribution >= 0.6 is 11.6 Å². The lowest BCUT2D eigenvalue weighted by Crippen LogP contribution is -2.08. The molecule has 1 N–H and O–H groups in total. The maximum absolute atomic E-state index is 6.26. The minimum atomic E-state index is 0.0994. The van der Waals surface area contributed by atoms with Gasteiger partial charge in [0.05, 0.1) is 24.5 Å². The number of aromatic nitrogens is 5. The van der Waals surface area contributed by atoms with Crippen molar-refractivity contribution in [1.82, 2.24) is 24.0 Å². The van der Waals surface area contributed by atoms with E-state index in [1.165, 1.54) is 18.4 Å². The number of halogens is 1. The molecule has 0 saturated heterocycles. The van der Waals surface area contributed by atoms with E-state index in [-0.39, 0.29) is 6.10 Å². The molecule has 0 aromatic carbocycles. The first-order valence-corrected chi connectivity index (χ1v) is 9.88. The molecule has 0 radical (unpaired) electrons. The summed E-state index contributed by atoms with van der Waals surface area (Å²) < 4.78 is 9.66. The molecule has 4 aromatic rings. The third-order valence-electron chi connectivity index (χ3n) is 4.80. The monoisotopic (exact) mass is 396 g/mol. The number of fused-ring (bicyclic) bond motifs is 2. The lowest BCUT2D eigenvalue weighted by molar-refractivity contribution is 0.230. The van der Waals surface area contributed by atoms with Crippen molar-refractivity contribution in [2.24, 2.45) is 0 Å². The Bertz CT molecular complexity index is 1160. The highest BCUT2D eigenvalue weighted by atomic mass is 35.5. The summed E-state index contributed by atoms with van der Waals surface area (Å²) >= 11 is 6.26. The van der Waals surface area contributed by atoms with E-state index < -0.39 is 0 Å². The lowest BCUT2D eigenvalue weighted by Gasteiger charge is -2.10. The number of nitrogens with one attached hydrogen (secondary N) is 1. The zero-order valence-corrected chi connectivity index (χ0v) is 16.5. The molecular weight excluding hydrogens is 376 g/mol. The molecule has 1 aliphatic rings. The molecule has 0 unspecified atom stereocenters. The van der Waals surface area contributed by atoms with Crippen molar-refractivity contribution in [1.29, 1.82) is 0 Å². The van der Waals surface area contributed by atoms with Crippen LogP contribution < -0.4 is 10.1 Å². The Hall–Kier alpha value is -2.80. The van der Waals surface area contributed by atoms with E-state index in [1.807, 2.05) is 53.4 Å². The Morgan fingerprint density at radius 2 is 2.14 bits per heavy atom. The van der Waals surface area contributed by atoms with Gasteiger partial charge in [0.15, 0.2) is 11.5 Å². The molecule has 0 atom stereocenters. The molecule has 8 heteroatoms. The van der Waals surface area contributed by atoms with Crippen LogP contribution in [0.1, 0.15) is 43.9 Å². The van der Waals surface area contributed by atoms with Gasteiger partial charge in [0.25, 0.3) is 0 Å². The molecule has 4 heterocycles. The van der Waals surface area contributed by atoms with Crippen molar-refractivity contribution in [2.45, 2.75) is 45.3 Å². The van der Waals surface area contributed by atoms with Crippen molar-refractivity contribution in [3.8, 4) is 5.88 Å². The predicted molar refractivity (Wildman–Crippen MR) is 108 cm³/mol. The molecule has 1 saturated carbocycles. The zero-order valence-electron chi connectivity index (χ0n) is 15.8. The van der Waals surface area contributed by atoms with Crippen molar-refractivity contribution >= 4 is 28.7 Å². The highest BCUT2D eigenvalue weighted by Crippen LogP contribution is 2.42. The Morgan fingerprint density at radius 3 is 2.93 bits per heavy atom. The van der Waals surface area contributed by atoms with E-state index in [9.17, 15) is 0 Å². The van der Waals surface area contributed by atoms with Crippen molar-refractivity contribution in [3.05, 3.63) is 53.1 Å². The minimum Gasteiger partial charge on any atom is -0.476 e. The number of anilines is 1. The summed E-state index contributed by atoms with van der Waals surface area (Å²) in [6.45, 7) is 4.56. The fraction of sp³-hybridized carbons (Fsp3) is 0.350. The lowest BCUT2D eigenvalue weighted by atomic mass is 10.2. The Kier molecular flexibility index (Phi) is 4.12. The number of hydrogen-bond acceptors (Lipinski definition) is 5. The summed E-state index contributed by atoms with van der Waals surface area (Å²) in [5.74, 6) is 2.15. The third-order valence-corrected chi connectivity index (χ3v) is 4.99. The molecule has 0 spiro atoms. The van der Waals surface area contributed by atoms with Gasteiger partial charge in [0.1, 0.15) is 16.6 Å². The second kappa shape index (κ2) is 6.67. The SMILES string of the molecule is CC(C)Oc1cccc2nc(CNc3cc(Cl)nc4c(C5CC5)cnn34)cn12. The molecule has 0 bridgehead atoms. The average Bonchev–Trinajstić information content (AvgIpc) is 3.26. The fourth-order valence-corrected chi connectivity index (χ4v) is 3.58. The number of nitrogens with zero attached hydrogens (tertiary/aromatic N) is 5. The van der Waals surface area contributed by atoms with Crippen LogP contribution in [0.25, 0.3) is 11.3 Å². The van der Waals surface area contributed by atoms with Gasteiger partial charge in [-0.1, -0.05) is 17.7 Å². The predicted octanol–water partition coefficient (Wildman–Crippen LogP) is 4.31. The number of rotatable bonds is 6. The minimum absolute atomic E-state index is 0.0994. The summed E-state index contributed by atoms with van der Waals surface area (Å²) in [6.07, 6.45) is 6.38. The van der Waals surface area contributed by atoms with E-state index in [0.717, 1.165) is 28.7 Å². The summed E-state index contributed by atoms with van der Waals surface area (Å²) in [5, 5.41) is 8.37. The van der Waals surface area contributed by atoms with Gasteiger partial charge < -0.3 is 10.1 Å². The number of pyridine rings is 1. The zero-order chi connectivity index (χ0) is 19.3. The van der Waals surface area contributed by atoms with E-state index in [0.29, 0.717) is 17.6 Å². The van der Waals surface area contributed by atoms with Gasteiger partial charge in [0, 0.05) is 17.8 Å². The van der Waals surface area contributed by atoms with E-state index >= 15 is 0 Å². The summed E-state index contributed by atoms with van der Waals surface area (Å²) in [6, 6.07) is 7.66. The first-order chi connectivity index (χ1) is 13.6. The van der Waals surface area contributed by atoms with Gasteiger partial charge in [-0.3, -0.25) is 4.40 Å². The maximum atomic E-state index is 6.26. The van der Waals surface area contributed by atoms with E-state index in [4.69, 9.17) is 16.3 Å². The van der Waals surface area contributed by atoms with Gasteiger partial charge >= 0.3 is 0 Å². The molecule has 5 rings (SSSR count). The molecule has 0 amide bonds. The van der Waals surface area contributed by atoms with Crippen LogP contribution in [0.4, 0.5) is 5.82 Å². The second-order valence-electron chi connectivity index (χ2n) is 7.42. The van der Waals surface area contributed by atoms with Gasteiger partial charge in [0.2, 0.25) is 0 Å². The molecule has 7 nitrogen and oxygen atoms in total. The van der Waals surface area contributed by atoms with Crippen LogP contribution in [0, 0.1) is 0 Å². The van der Waals surface area contributed by atoms with E-state index in [1.54, 1.807) is 6.07 Å². The molecule has 144 valence electrons. The quantitative estimate of drug-likeness (QED) is 0.492. The van der Waals surface area contributed by atoms with Gasteiger partial charge in [-0.2, -0.15) is 9.61 Å². The molecule has 4 aromatic heterocycles. The van der Waals surface area contributed by atoms with Crippen molar-refractivity contribution in [2.75, 3.05) is 5.32 Å². The second-order valence-corrected chi connectivity index (χ2v) is 7.81. The Morgan fingerprint density at radius 1 is 1.29 bits per heavy atom. The van der Waals surface area contributed by atoms with Gasteiger partial charge in [-0.25, -0.2) is 9.97 Å². The smallest absolute Gasteiger partial charge is 0.199 e. The van der Waals surface area contributed by atoms with Crippen LogP contribution in [0.3, 0.4) is 0 Å². The van der Waals surface area contributed by atoms with Gasteiger partial charge in [-0.15, -0.1) is 0 Å². The normalized spacial score (nSPS) is 14.3. The van der Waals surface area contributed by atoms with Crippen LogP contribution in [-0.2, 0) is 6.54 Å². The molecule has 1 fully saturated rings. The largest absolute Gasteiger partial charge is 0.476 e. The fourth-order valence-electron chi connectivity index (χ4n) is 3.40. The molecule has 28 heavy (non-hydrogen) atoms. The molecule has 0 aliphatic heterocycles. The average molecular weight is 397 g/mol. The summed E-state index contributed by atoms with van der Waals surface area (Å²) in [7, 11) is 0. The summed E-state index contributed by atoms with van der Waals surface area (Å²) in [5.41, 5.74) is 3.76. The van der Waals surface area contributed by atoms with Crippen LogP contribution in [0.15, 0.2) is 36.7 Å². The standard InChI is InChI=1S/C20H21ClN6O/c1-12(2)28-19-5-3-4-17-24-14(11-26(17)19)9-22-18-8-16(21)25-20-15(13-6-7-13)10-23-27(18)20/h3-5,8,10-13,22H,6-7,9H2,1-2H3. The number of ether oxygens (including phenoxy) is 1. The van der Waals surface area contributed by atoms with Gasteiger partial charge in [-0.05, 0) is 44.7 Å². The highest BCUT2D eigenvalue weighted by molar-refractivity contribution is 6.29. The first-order valence-electron chi connectivity index (χ1n) is 9.50. The van der Waals surface area contributed by atoms with Crippen LogP contribution in [0.2, 0.25) is 5.15 Å². The maximum Gasteiger partial charge on any atom is 0.199 e. The molecular formula is C20H21ClN6O. The summed E-state index contributed by atoms with van der Waals surface area (Å²) in [4.78, 5) is 9.16. The van der Waals surface area contributed by atoms with Crippen LogP contribution in [-0.4, -0.2) is 30.1 Å². The first kappa shape index (κ1) is 17.3. The highest BCUT2D eigenvalue weighted by Gasteiger charge is 2.28. The van der Waals surface area contributed by atoms with E-state index in [2.05, 4.69) is 20.4 Å².